The summed E-state index contributed by atoms with van der Waals surface area (Å²) in [5.74, 6) is 0. The van der Waals surface area contributed by atoms with Crippen LogP contribution in [-0.4, -0.2) is 6.04 Å². The summed E-state index contributed by atoms with van der Waals surface area (Å²) in [4.78, 5) is 0. The first-order valence-corrected chi connectivity index (χ1v) is 5.37. The minimum atomic E-state index is 0.636. The van der Waals surface area contributed by atoms with Gasteiger partial charge < -0.3 is 11.1 Å². The normalized spacial score (nSPS) is 16.7. The Bertz CT molecular complexity index is 308. The van der Waals surface area contributed by atoms with Gasteiger partial charge in [0.2, 0.25) is 0 Å². The zero-order valence-corrected chi connectivity index (χ0v) is 8.97. The fourth-order valence-electron chi connectivity index (χ4n) is 1.44. The average Bonchev–Trinajstić information content (AvgIpc) is 2.04. The molecule has 1 aromatic rings. The summed E-state index contributed by atoms with van der Waals surface area (Å²) in [7, 11) is 0. The second-order valence-corrected chi connectivity index (χ2v) is 4.33. The number of anilines is 2. The van der Waals surface area contributed by atoms with E-state index in [1.165, 1.54) is 19.3 Å². The maximum absolute atomic E-state index is 5.90. The van der Waals surface area contributed by atoms with Gasteiger partial charge in [-0.15, -0.1) is 0 Å². The number of hydrogen-bond acceptors (Lipinski definition) is 2. The molecule has 0 heterocycles. The van der Waals surface area contributed by atoms with Crippen LogP contribution in [0.3, 0.4) is 0 Å². The van der Waals surface area contributed by atoms with Gasteiger partial charge in [-0.25, -0.2) is 0 Å². The molecule has 0 radical (unpaired) electrons. The lowest BCUT2D eigenvalue weighted by Crippen LogP contribution is -2.27. The molecule has 0 spiro atoms. The molecule has 1 saturated carbocycles. The van der Waals surface area contributed by atoms with Crippen molar-refractivity contribution < 1.29 is 0 Å². The van der Waals surface area contributed by atoms with Crippen molar-refractivity contribution in [3.8, 4) is 0 Å². The molecule has 0 amide bonds. The lowest BCUT2D eigenvalue weighted by molar-refractivity contribution is 0.446. The number of halogens is 1. The van der Waals surface area contributed by atoms with E-state index in [0.29, 0.717) is 6.04 Å². The average molecular weight is 241 g/mol. The first-order chi connectivity index (χ1) is 6.27. The van der Waals surface area contributed by atoms with E-state index in [4.69, 9.17) is 5.73 Å². The van der Waals surface area contributed by atoms with Gasteiger partial charge in [-0.3, -0.25) is 0 Å². The van der Waals surface area contributed by atoms with E-state index < -0.39 is 0 Å². The van der Waals surface area contributed by atoms with Crippen LogP contribution < -0.4 is 11.1 Å². The molecule has 0 bridgehead atoms. The number of nitrogen functional groups attached to an aromatic ring is 1. The van der Waals surface area contributed by atoms with E-state index in [2.05, 4.69) is 21.2 Å². The van der Waals surface area contributed by atoms with Crippen molar-refractivity contribution in [2.24, 2.45) is 0 Å². The molecule has 2 rings (SSSR count). The quantitative estimate of drug-likeness (QED) is 0.781. The van der Waals surface area contributed by atoms with Gasteiger partial charge in [-0.1, -0.05) is 6.07 Å². The number of benzene rings is 1. The van der Waals surface area contributed by atoms with E-state index >= 15 is 0 Å². The van der Waals surface area contributed by atoms with Gasteiger partial charge in [-0.05, 0) is 47.3 Å². The van der Waals surface area contributed by atoms with E-state index in [-0.39, 0.29) is 0 Å². The molecule has 1 aliphatic rings. The highest BCUT2D eigenvalue weighted by Gasteiger charge is 2.17. The van der Waals surface area contributed by atoms with Gasteiger partial charge in [-0.2, -0.15) is 0 Å². The largest absolute Gasteiger partial charge is 0.396 e. The van der Waals surface area contributed by atoms with E-state index in [1.54, 1.807) is 0 Å². The van der Waals surface area contributed by atoms with E-state index in [0.717, 1.165) is 15.8 Å². The number of nitrogens with one attached hydrogen (secondary N) is 1. The predicted octanol–water partition coefficient (Wildman–Crippen LogP) is 3.00. The van der Waals surface area contributed by atoms with Crippen LogP contribution in [0, 0.1) is 0 Å². The molecule has 1 aromatic carbocycles. The molecule has 70 valence electrons. The Morgan fingerprint density at radius 1 is 1.38 bits per heavy atom. The molecule has 0 unspecified atom stereocenters. The zero-order valence-electron chi connectivity index (χ0n) is 7.39. The van der Waals surface area contributed by atoms with E-state index in [9.17, 15) is 0 Å². The summed E-state index contributed by atoms with van der Waals surface area (Å²) in [5.41, 5.74) is 7.77. The van der Waals surface area contributed by atoms with Crippen molar-refractivity contribution in [1.82, 2.24) is 0 Å². The fraction of sp³-hybridized carbons (Fsp3) is 0.400. The smallest absolute Gasteiger partial charge is 0.0694 e. The monoisotopic (exact) mass is 240 g/mol. The Morgan fingerprint density at radius 2 is 2.15 bits per heavy atom. The second kappa shape index (κ2) is 3.58. The van der Waals surface area contributed by atoms with Crippen molar-refractivity contribution in [1.29, 1.82) is 0 Å². The fourth-order valence-corrected chi connectivity index (χ4v) is 1.80. The first kappa shape index (κ1) is 8.88. The Kier molecular flexibility index (Phi) is 2.44. The second-order valence-electron chi connectivity index (χ2n) is 3.47. The third-order valence-corrected chi connectivity index (χ3v) is 3.21. The highest BCUT2D eigenvalue weighted by molar-refractivity contribution is 9.10. The van der Waals surface area contributed by atoms with Crippen molar-refractivity contribution >= 4 is 27.3 Å². The highest BCUT2D eigenvalue weighted by Crippen LogP contribution is 2.30. The summed E-state index contributed by atoms with van der Waals surface area (Å²) in [6.07, 6.45) is 3.88. The molecule has 0 saturated heterocycles. The van der Waals surface area contributed by atoms with Gasteiger partial charge in [0.1, 0.15) is 0 Å². The third kappa shape index (κ3) is 1.80. The third-order valence-electron chi connectivity index (χ3n) is 2.52. The minimum Gasteiger partial charge on any atom is -0.396 e. The topological polar surface area (TPSA) is 38.0 Å². The number of para-hydroxylation sites is 1. The van der Waals surface area contributed by atoms with Crippen LogP contribution >= 0.6 is 15.9 Å². The molecule has 3 N–H and O–H groups in total. The molecule has 1 aliphatic carbocycles. The standard InChI is InChI=1S/C10H13BrN2/c11-8-5-2-6-9(10(8)12)13-7-3-1-4-7/h2,5-7,13H,1,3-4,12H2. The predicted molar refractivity (Wildman–Crippen MR) is 59.8 cm³/mol. The SMILES string of the molecule is Nc1c(Br)cccc1NC1CCC1. The maximum atomic E-state index is 5.90. The van der Waals surface area contributed by atoms with Crippen molar-refractivity contribution in [3.05, 3.63) is 22.7 Å². The summed E-state index contributed by atoms with van der Waals surface area (Å²) in [5, 5.41) is 3.43. The number of rotatable bonds is 2. The molecule has 0 aromatic heterocycles. The van der Waals surface area contributed by atoms with Crippen LogP contribution in [0.1, 0.15) is 19.3 Å². The molecule has 0 atom stereocenters. The summed E-state index contributed by atoms with van der Waals surface area (Å²) in [6.45, 7) is 0. The van der Waals surface area contributed by atoms with E-state index in [1.807, 2.05) is 18.2 Å². The van der Waals surface area contributed by atoms with Crippen molar-refractivity contribution in [3.63, 3.8) is 0 Å². The van der Waals surface area contributed by atoms with Gasteiger partial charge in [0.25, 0.3) is 0 Å². The molecular formula is C10H13BrN2. The molecule has 13 heavy (non-hydrogen) atoms. The van der Waals surface area contributed by atoms with Gasteiger partial charge in [0.15, 0.2) is 0 Å². The Morgan fingerprint density at radius 3 is 2.77 bits per heavy atom. The van der Waals surface area contributed by atoms with Crippen LogP contribution in [0.2, 0.25) is 0 Å². The Balaban J connectivity index is 2.14. The first-order valence-electron chi connectivity index (χ1n) is 4.58. The molecule has 2 nitrogen and oxygen atoms in total. The van der Waals surface area contributed by atoms with Crippen molar-refractivity contribution in [2.45, 2.75) is 25.3 Å². The highest BCUT2D eigenvalue weighted by atomic mass is 79.9. The Labute approximate surface area is 86.6 Å². The lowest BCUT2D eigenvalue weighted by atomic mass is 9.93. The lowest BCUT2D eigenvalue weighted by Gasteiger charge is -2.28. The van der Waals surface area contributed by atoms with Crippen LogP contribution in [0.4, 0.5) is 11.4 Å². The summed E-state index contributed by atoms with van der Waals surface area (Å²) < 4.78 is 0.969. The Hall–Kier alpha value is -0.700. The summed E-state index contributed by atoms with van der Waals surface area (Å²) >= 11 is 3.41. The van der Waals surface area contributed by atoms with Crippen LogP contribution in [-0.2, 0) is 0 Å². The number of nitrogens with two attached hydrogens (primary N) is 1. The molecule has 1 fully saturated rings. The van der Waals surface area contributed by atoms with Gasteiger partial charge >= 0.3 is 0 Å². The van der Waals surface area contributed by atoms with Gasteiger partial charge in [0, 0.05) is 10.5 Å². The minimum absolute atomic E-state index is 0.636. The van der Waals surface area contributed by atoms with Crippen molar-refractivity contribution in [2.75, 3.05) is 11.1 Å². The van der Waals surface area contributed by atoms with Crippen LogP contribution in [0.5, 0.6) is 0 Å². The van der Waals surface area contributed by atoms with Gasteiger partial charge in [0.05, 0.1) is 11.4 Å². The molecule has 0 aliphatic heterocycles. The summed E-state index contributed by atoms with van der Waals surface area (Å²) in [6, 6.07) is 6.62. The maximum Gasteiger partial charge on any atom is 0.0694 e. The van der Waals surface area contributed by atoms with Crippen LogP contribution in [0.25, 0.3) is 0 Å². The van der Waals surface area contributed by atoms with Crippen LogP contribution in [0.15, 0.2) is 22.7 Å². The zero-order chi connectivity index (χ0) is 9.26. The molecular weight excluding hydrogens is 228 g/mol. The molecule has 3 heteroatoms. The number of hydrogen-bond donors (Lipinski definition) is 2.